The summed E-state index contributed by atoms with van der Waals surface area (Å²) in [6, 6.07) is 6.19. The van der Waals surface area contributed by atoms with Gasteiger partial charge >= 0.3 is 12.2 Å². The Hall–Kier alpha value is -4.17. The molecule has 1 aromatic carbocycles. The Morgan fingerprint density at radius 1 is 1.17 bits per heavy atom. The van der Waals surface area contributed by atoms with Gasteiger partial charge in [0.15, 0.2) is 5.75 Å². The molecule has 242 valence electrons. The van der Waals surface area contributed by atoms with E-state index in [0.717, 1.165) is 31.0 Å². The van der Waals surface area contributed by atoms with E-state index in [1.807, 2.05) is 11.0 Å². The Bertz CT molecular complexity index is 1840. The molecule has 15 heteroatoms. The maximum Gasteiger partial charge on any atom is 0.418 e. The summed E-state index contributed by atoms with van der Waals surface area (Å²) in [5.74, 6) is 0.754. The second kappa shape index (κ2) is 11.3. The Kier molecular flexibility index (Phi) is 7.46. The minimum Gasteiger partial charge on any atom is -0.489 e. The summed E-state index contributed by atoms with van der Waals surface area (Å²) in [6.07, 6.45) is -2.06. The van der Waals surface area contributed by atoms with Crippen LogP contribution in [0.3, 0.4) is 0 Å². The number of pyridine rings is 2. The standard InChI is InChI=1S/C31H31ClF4N8O2/c1-16-10-21(37)41-25(23(16)31(34,35)36)19-11-20-22-26(24(19)32)45-9-8-43(13-17-4-2-6-39-27(17)38)28(22)42-29(40-20)46-15-30-5-3-7-44(30)14-18(33)12-30/h2,4,6,10-11,18H,3,5,7-9,12-15H2,1H3,(H2,37,41)(H2,38,39)/t18-,30+/m1/s1. The highest BCUT2D eigenvalue weighted by atomic mass is 35.5. The van der Waals surface area contributed by atoms with Crippen LogP contribution in [0.1, 0.15) is 36.0 Å². The van der Waals surface area contributed by atoms with E-state index in [1.54, 1.807) is 12.3 Å². The van der Waals surface area contributed by atoms with E-state index >= 15 is 0 Å². The highest BCUT2D eigenvalue weighted by Crippen LogP contribution is 2.49. The fraction of sp³-hybridized carbons (Fsp3) is 0.419. The van der Waals surface area contributed by atoms with E-state index in [-0.39, 0.29) is 52.5 Å². The molecule has 3 aliphatic rings. The lowest BCUT2D eigenvalue weighted by molar-refractivity contribution is -0.137. The molecule has 0 saturated carbocycles. The van der Waals surface area contributed by atoms with Crippen molar-refractivity contribution >= 4 is 40.0 Å². The third-order valence-corrected chi connectivity index (χ3v) is 9.42. The molecule has 2 saturated heterocycles. The average molecular weight is 659 g/mol. The summed E-state index contributed by atoms with van der Waals surface area (Å²) in [6.45, 7) is 3.35. The topological polar surface area (TPSA) is 129 Å². The second-order valence-electron chi connectivity index (χ2n) is 12.1. The van der Waals surface area contributed by atoms with E-state index in [0.29, 0.717) is 43.1 Å². The number of benzene rings is 1. The zero-order valence-electron chi connectivity index (χ0n) is 24.9. The number of ether oxygens (including phenoxy) is 2. The summed E-state index contributed by atoms with van der Waals surface area (Å²) in [7, 11) is 0. The Balaban J connectivity index is 1.40. The molecule has 46 heavy (non-hydrogen) atoms. The number of aryl methyl sites for hydroxylation is 1. The summed E-state index contributed by atoms with van der Waals surface area (Å²) < 4.78 is 70.0. The van der Waals surface area contributed by atoms with E-state index < -0.39 is 29.1 Å². The van der Waals surface area contributed by atoms with Crippen molar-refractivity contribution in [2.45, 2.75) is 50.6 Å². The molecule has 0 spiro atoms. The fourth-order valence-corrected chi connectivity index (χ4v) is 7.30. The number of fused-ring (bicyclic) bond motifs is 1. The van der Waals surface area contributed by atoms with Crippen molar-refractivity contribution in [3.05, 3.63) is 52.2 Å². The van der Waals surface area contributed by atoms with Gasteiger partial charge in [0, 0.05) is 36.8 Å². The Morgan fingerprint density at radius 3 is 2.78 bits per heavy atom. The van der Waals surface area contributed by atoms with Gasteiger partial charge in [0.05, 0.1) is 39.3 Å². The third kappa shape index (κ3) is 5.26. The molecule has 0 radical (unpaired) electrons. The van der Waals surface area contributed by atoms with E-state index in [1.165, 1.54) is 13.0 Å². The minimum atomic E-state index is -4.75. The van der Waals surface area contributed by atoms with Crippen LogP contribution in [0, 0.1) is 6.92 Å². The number of halogens is 5. The van der Waals surface area contributed by atoms with Crippen LogP contribution in [0.25, 0.3) is 22.2 Å². The molecule has 0 amide bonds. The summed E-state index contributed by atoms with van der Waals surface area (Å²) >= 11 is 6.87. The van der Waals surface area contributed by atoms with Crippen LogP contribution in [-0.2, 0) is 12.7 Å². The second-order valence-corrected chi connectivity index (χ2v) is 12.4. The lowest BCUT2D eigenvalue weighted by atomic mass is 9.95. The third-order valence-electron chi connectivity index (χ3n) is 9.04. The van der Waals surface area contributed by atoms with Crippen LogP contribution in [0.4, 0.5) is 35.0 Å². The van der Waals surface area contributed by atoms with E-state index in [9.17, 15) is 17.6 Å². The van der Waals surface area contributed by atoms with Gasteiger partial charge in [-0.15, -0.1) is 0 Å². The molecule has 6 heterocycles. The number of aromatic nitrogens is 4. The molecular weight excluding hydrogens is 628 g/mol. The van der Waals surface area contributed by atoms with Crippen molar-refractivity contribution in [3.8, 4) is 23.0 Å². The summed E-state index contributed by atoms with van der Waals surface area (Å²) in [5, 5.41) is 0.303. The summed E-state index contributed by atoms with van der Waals surface area (Å²) in [4.78, 5) is 21.7. The van der Waals surface area contributed by atoms with Gasteiger partial charge in [-0.3, -0.25) is 4.90 Å². The first-order chi connectivity index (χ1) is 21.9. The molecule has 2 fully saturated rings. The zero-order valence-corrected chi connectivity index (χ0v) is 25.6. The van der Waals surface area contributed by atoms with E-state index in [2.05, 4.69) is 19.9 Å². The number of nitrogen functional groups attached to an aromatic ring is 2. The summed E-state index contributed by atoms with van der Waals surface area (Å²) in [5.41, 5.74) is 11.0. The lowest BCUT2D eigenvalue weighted by Gasteiger charge is -2.31. The van der Waals surface area contributed by atoms with Crippen molar-refractivity contribution in [3.63, 3.8) is 0 Å². The minimum absolute atomic E-state index is 0.0101. The van der Waals surface area contributed by atoms with Gasteiger partial charge < -0.3 is 25.8 Å². The Labute approximate surface area is 266 Å². The number of rotatable bonds is 6. The zero-order chi connectivity index (χ0) is 32.4. The number of hydrogen-bond acceptors (Lipinski definition) is 10. The maximum atomic E-state index is 14.5. The van der Waals surface area contributed by atoms with Gasteiger partial charge in [0.2, 0.25) is 0 Å². The molecule has 0 unspecified atom stereocenters. The van der Waals surface area contributed by atoms with Crippen molar-refractivity contribution in [1.82, 2.24) is 24.8 Å². The van der Waals surface area contributed by atoms with Gasteiger partial charge in [0.25, 0.3) is 0 Å². The SMILES string of the molecule is Cc1cc(N)nc(-c2cc3nc(OC[C@@]45CCCN4C[C@H](F)C5)nc4c3c(c2Cl)OCCN4Cc2cccnc2N)c1C(F)(F)F. The van der Waals surface area contributed by atoms with Crippen molar-refractivity contribution in [1.29, 1.82) is 0 Å². The van der Waals surface area contributed by atoms with Gasteiger partial charge in [-0.1, -0.05) is 17.7 Å². The molecule has 10 nitrogen and oxygen atoms in total. The van der Waals surface area contributed by atoms with Crippen molar-refractivity contribution in [2.24, 2.45) is 0 Å². The highest BCUT2D eigenvalue weighted by molar-refractivity contribution is 6.36. The molecule has 7 rings (SSSR count). The maximum absolute atomic E-state index is 14.5. The first kappa shape index (κ1) is 30.5. The molecule has 4 N–H and O–H groups in total. The highest BCUT2D eigenvalue weighted by Gasteiger charge is 2.49. The predicted octanol–water partition coefficient (Wildman–Crippen LogP) is 5.59. The smallest absolute Gasteiger partial charge is 0.418 e. The van der Waals surface area contributed by atoms with Crippen LogP contribution < -0.4 is 25.8 Å². The Morgan fingerprint density at radius 2 is 2.00 bits per heavy atom. The molecule has 0 aliphatic carbocycles. The normalized spacial score (nSPS) is 21.3. The molecule has 2 atom stereocenters. The van der Waals surface area contributed by atoms with Crippen LogP contribution in [-0.4, -0.2) is 69.4 Å². The predicted molar refractivity (Wildman–Crippen MR) is 166 cm³/mol. The van der Waals surface area contributed by atoms with E-state index in [4.69, 9.17) is 37.5 Å². The average Bonchev–Trinajstić information content (AvgIpc) is 3.44. The van der Waals surface area contributed by atoms with Gasteiger partial charge in [-0.2, -0.15) is 23.1 Å². The largest absolute Gasteiger partial charge is 0.489 e. The molecule has 4 aromatic rings. The molecule has 3 aromatic heterocycles. The quantitative estimate of drug-likeness (QED) is 0.253. The first-order valence-electron chi connectivity index (χ1n) is 14.9. The lowest BCUT2D eigenvalue weighted by Crippen LogP contribution is -2.43. The molecule has 0 bridgehead atoms. The van der Waals surface area contributed by atoms with Crippen LogP contribution in [0.15, 0.2) is 30.5 Å². The number of alkyl halides is 4. The fourth-order valence-electron chi connectivity index (χ4n) is 7.01. The number of nitrogens with two attached hydrogens (primary N) is 2. The monoisotopic (exact) mass is 658 g/mol. The van der Waals surface area contributed by atoms with Crippen molar-refractivity contribution < 1.29 is 27.0 Å². The van der Waals surface area contributed by atoms with Crippen LogP contribution in [0.5, 0.6) is 11.8 Å². The number of hydrogen-bond donors (Lipinski definition) is 2. The van der Waals surface area contributed by atoms with Gasteiger partial charge in [-0.25, -0.2) is 14.4 Å². The van der Waals surface area contributed by atoms with Gasteiger partial charge in [0.1, 0.15) is 36.8 Å². The molecular formula is C31H31ClF4N8O2. The van der Waals surface area contributed by atoms with Crippen molar-refractivity contribution in [2.75, 3.05) is 49.2 Å². The molecule has 3 aliphatic heterocycles. The van der Waals surface area contributed by atoms with Gasteiger partial charge in [-0.05, 0) is 50.1 Å². The number of anilines is 3. The first-order valence-corrected chi connectivity index (χ1v) is 15.3. The van der Waals surface area contributed by atoms with Crippen LogP contribution in [0.2, 0.25) is 5.02 Å². The number of nitrogens with zero attached hydrogens (tertiary/aromatic N) is 6. The van der Waals surface area contributed by atoms with Crippen LogP contribution >= 0.6 is 11.6 Å².